The van der Waals surface area contributed by atoms with Crippen LogP contribution in [0, 0.1) is 0 Å². The summed E-state index contributed by atoms with van der Waals surface area (Å²) in [5, 5.41) is 22.0. The Balaban J connectivity index is 2.55. The number of aliphatic hydroxyl groups excluding tert-OH is 1. The van der Waals surface area contributed by atoms with Gasteiger partial charge in [-0.15, -0.1) is 0 Å². The van der Waals surface area contributed by atoms with E-state index in [-0.39, 0.29) is 12.6 Å². The minimum atomic E-state index is 0.183. The molecule has 0 bridgehead atoms. The standard InChI is InChI=1S/C12H18BrNO2S/c1-17-8-11(4-5-15)14-7-9-6-10(13)2-3-12(9)16/h2-3,6,11,14-16H,4-5,7-8H2,1H3. The van der Waals surface area contributed by atoms with Gasteiger partial charge in [0.25, 0.3) is 0 Å². The van der Waals surface area contributed by atoms with Gasteiger partial charge in [-0.3, -0.25) is 0 Å². The number of hydrogen-bond donors (Lipinski definition) is 3. The number of benzene rings is 1. The minimum absolute atomic E-state index is 0.183. The number of nitrogens with one attached hydrogen (secondary N) is 1. The molecule has 3 nitrogen and oxygen atoms in total. The second-order valence-electron chi connectivity index (χ2n) is 3.82. The van der Waals surface area contributed by atoms with Crippen LogP contribution < -0.4 is 5.32 Å². The number of rotatable bonds is 7. The van der Waals surface area contributed by atoms with Crippen molar-refractivity contribution in [3.8, 4) is 5.75 Å². The molecule has 0 fully saturated rings. The summed E-state index contributed by atoms with van der Waals surface area (Å²) in [4.78, 5) is 0. The molecule has 0 saturated heterocycles. The molecule has 0 amide bonds. The number of hydrogen-bond acceptors (Lipinski definition) is 4. The summed E-state index contributed by atoms with van der Waals surface area (Å²) in [5.74, 6) is 1.25. The van der Waals surface area contributed by atoms with Gasteiger partial charge in [-0.25, -0.2) is 0 Å². The van der Waals surface area contributed by atoms with Gasteiger partial charge >= 0.3 is 0 Å². The van der Waals surface area contributed by atoms with E-state index in [1.807, 2.05) is 18.4 Å². The fraction of sp³-hybridized carbons (Fsp3) is 0.500. The highest BCUT2D eigenvalue weighted by Gasteiger charge is 2.08. The first kappa shape index (κ1) is 14.8. The predicted octanol–water partition coefficient (Wildman–Crippen LogP) is 2.36. The van der Waals surface area contributed by atoms with Crippen molar-refractivity contribution in [2.24, 2.45) is 0 Å². The number of halogens is 1. The molecule has 1 aromatic carbocycles. The Morgan fingerprint density at radius 2 is 2.24 bits per heavy atom. The molecular formula is C12H18BrNO2S. The Morgan fingerprint density at radius 3 is 2.88 bits per heavy atom. The number of thioether (sulfide) groups is 1. The van der Waals surface area contributed by atoms with Crippen LogP contribution in [0.15, 0.2) is 22.7 Å². The lowest BCUT2D eigenvalue weighted by Gasteiger charge is -2.17. The van der Waals surface area contributed by atoms with Gasteiger partial charge in [0.2, 0.25) is 0 Å². The van der Waals surface area contributed by atoms with E-state index in [2.05, 4.69) is 21.2 Å². The Labute approximate surface area is 115 Å². The van der Waals surface area contributed by atoms with Crippen LogP contribution in [0.4, 0.5) is 0 Å². The molecule has 0 aliphatic rings. The monoisotopic (exact) mass is 319 g/mol. The van der Waals surface area contributed by atoms with Crippen molar-refractivity contribution >= 4 is 27.7 Å². The van der Waals surface area contributed by atoms with Gasteiger partial charge in [-0.1, -0.05) is 15.9 Å². The van der Waals surface area contributed by atoms with Crippen molar-refractivity contribution in [2.75, 3.05) is 18.6 Å². The Kier molecular flexibility index (Phi) is 6.96. The van der Waals surface area contributed by atoms with Gasteiger partial charge in [0, 0.05) is 35.0 Å². The van der Waals surface area contributed by atoms with E-state index in [0.717, 1.165) is 22.2 Å². The molecule has 1 unspecified atom stereocenters. The van der Waals surface area contributed by atoms with E-state index >= 15 is 0 Å². The molecule has 0 aliphatic carbocycles. The SMILES string of the molecule is CSCC(CCO)NCc1cc(Br)ccc1O. The average Bonchev–Trinajstić information content (AvgIpc) is 2.30. The smallest absolute Gasteiger partial charge is 0.120 e. The summed E-state index contributed by atoms with van der Waals surface area (Å²) in [5.41, 5.74) is 0.864. The molecule has 1 aromatic rings. The maximum absolute atomic E-state index is 9.69. The number of phenolic OH excluding ortho intramolecular Hbond substituents is 1. The second-order valence-corrected chi connectivity index (χ2v) is 5.64. The van der Waals surface area contributed by atoms with Crippen LogP contribution in [0.2, 0.25) is 0 Å². The van der Waals surface area contributed by atoms with Crippen molar-refractivity contribution in [3.63, 3.8) is 0 Å². The molecule has 0 spiro atoms. The molecule has 96 valence electrons. The minimum Gasteiger partial charge on any atom is -0.508 e. The van der Waals surface area contributed by atoms with Gasteiger partial charge in [0.1, 0.15) is 5.75 Å². The molecule has 0 saturated carbocycles. The van der Waals surface area contributed by atoms with Crippen LogP contribution >= 0.6 is 27.7 Å². The maximum atomic E-state index is 9.69. The molecule has 1 rings (SSSR count). The third-order valence-electron chi connectivity index (χ3n) is 2.47. The third-order valence-corrected chi connectivity index (χ3v) is 3.70. The zero-order valence-electron chi connectivity index (χ0n) is 9.82. The quantitative estimate of drug-likeness (QED) is 0.722. The lowest BCUT2D eigenvalue weighted by molar-refractivity contribution is 0.269. The van der Waals surface area contributed by atoms with E-state index in [1.54, 1.807) is 17.8 Å². The van der Waals surface area contributed by atoms with Crippen molar-refractivity contribution < 1.29 is 10.2 Å². The van der Waals surface area contributed by atoms with E-state index in [9.17, 15) is 5.11 Å². The van der Waals surface area contributed by atoms with Gasteiger partial charge in [0.05, 0.1) is 0 Å². The topological polar surface area (TPSA) is 52.5 Å². The first-order valence-corrected chi connectivity index (χ1v) is 7.66. The zero-order valence-corrected chi connectivity index (χ0v) is 12.2. The molecule has 5 heteroatoms. The van der Waals surface area contributed by atoms with E-state index in [4.69, 9.17) is 5.11 Å². The number of aliphatic hydroxyl groups is 1. The number of phenols is 1. The Morgan fingerprint density at radius 1 is 1.47 bits per heavy atom. The molecule has 0 heterocycles. The lowest BCUT2D eigenvalue weighted by atomic mass is 10.1. The molecule has 1 atom stereocenters. The molecule has 3 N–H and O–H groups in total. The Hall–Kier alpha value is -0.230. The van der Waals surface area contributed by atoms with Crippen LogP contribution in [0.3, 0.4) is 0 Å². The summed E-state index contributed by atoms with van der Waals surface area (Å²) in [7, 11) is 0. The van der Waals surface area contributed by atoms with Gasteiger partial charge in [0.15, 0.2) is 0 Å². The highest BCUT2D eigenvalue weighted by atomic mass is 79.9. The van der Waals surface area contributed by atoms with Gasteiger partial charge in [-0.05, 0) is 30.9 Å². The fourth-order valence-electron chi connectivity index (χ4n) is 1.55. The van der Waals surface area contributed by atoms with Crippen LogP contribution in [-0.2, 0) is 6.54 Å². The van der Waals surface area contributed by atoms with Crippen molar-refractivity contribution in [1.29, 1.82) is 0 Å². The van der Waals surface area contributed by atoms with Crippen molar-refractivity contribution in [2.45, 2.75) is 19.0 Å². The molecule has 17 heavy (non-hydrogen) atoms. The highest BCUT2D eigenvalue weighted by Crippen LogP contribution is 2.21. The Bertz CT molecular complexity index is 343. The van der Waals surface area contributed by atoms with Gasteiger partial charge in [-0.2, -0.15) is 11.8 Å². The van der Waals surface area contributed by atoms with E-state index in [0.29, 0.717) is 12.3 Å². The lowest BCUT2D eigenvalue weighted by Crippen LogP contribution is -2.31. The van der Waals surface area contributed by atoms with Crippen LogP contribution in [-0.4, -0.2) is 34.9 Å². The largest absolute Gasteiger partial charge is 0.508 e. The average molecular weight is 320 g/mol. The first-order chi connectivity index (χ1) is 8.17. The normalized spacial score (nSPS) is 12.6. The highest BCUT2D eigenvalue weighted by molar-refractivity contribution is 9.10. The van der Waals surface area contributed by atoms with Crippen LogP contribution in [0.5, 0.6) is 5.75 Å². The van der Waals surface area contributed by atoms with Crippen molar-refractivity contribution in [1.82, 2.24) is 5.32 Å². The summed E-state index contributed by atoms with van der Waals surface area (Å²) in [6.45, 7) is 0.791. The van der Waals surface area contributed by atoms with Crippen molar-refractivity contribution in [3.05, 3.63) is 28.2 Å². The molecule has 0 radical (unpaired) electrons. The summed E-state index contributed by atoms with van der Waals surface area (Å²) in [6, 6.07) is 5.66. The van der Waals surface area contributed by atoms with Crippen LogP contribution in [0.1, 0.15) is 12.0 Å². The van der Waals surface area contributed by atoms with Gasteiger partial charge < -0.3 is 15.5 Å². The van der Waals surface area contributed by atoms with Crippen LogP contribution in [0.25, 0.3) is 0 Å². The summed E-state index contributed by atoms with van der Waals surface area (Å²) < 4.78 is 0.954. The molecule has 0 aliphatic heterocycles. The van der Waals surface area contributed by atoms with E-state index in [1.165, 1.54) is 0 Å². The summed E-state index contributed by atoms with van der Waals surface area (Å²) in [6.07, 6.45) is 2.78. The third kappa shape index (κ3) is 5.29. The number of aromatic hydroxyl groups is 1. The summed E-state index contributed by atoms with van der Waals surface area (Å²) >= 11 is 5.13. The first-order valence-electron chi connectivity index (χ1n) is 5.48. The zero-order chi connectivity index (χ0) is 12.7. The van der Waals surface area contributed by atoms with E-state index < -0.39 is 0 Å². The predicted molar refractivity (Wildman–Crippen MR) is 76.5 cm³/mol. The molecule has 0 aromatic heterocycles. The molecular weight excluding hydrogens is 302 g/mol. The maximum Gasteiger partial charge on any atom is 0.120 e. The second kappa shape index (κ2) is 7.97. The fourth-order valence-corrected chi connectivity index (χ4v) is 2.65.